The number of aldehydes is 1. The highest BCUT2D eigenvalue weighted by Gasteiger charge is 2.48. The SMILES string of the molecule is COc1ccc(C2CC3CCC2(C=O)CC3)cc1. The topological polar surface area (TPSA) is 26.3 Å². The van der Waals surface area contributed by atoms with Crippen LogP contribution in [-0.2, 0) is 4.79 Å². The van der Waals surface area contributed by atoms with E-state index in [0.29, 0.717) is 5.92 Å². The molecule has 0 saturated heterocycles. The van der Waals surface area contributed by atoms with E-state index in [1.54, 1.807) is 7.11 Å². The zero-order chi connectivity index (χ0) is 12.6. The zero-order valence-electron chi connectivity index (χ0n) is 10.9. The molecule has 3 aliphatic carbocycles. The number of carbonyl (C=O) groups is 1. The van der Waals surface area contributed by atoms with Gasteiger partial charge in [-0.25, -0.2) is 0 Å². The number of hydrogen-bond donors (Lipinski definition) is 0. The van der Waals surface area contributed by atoms with Crippen molar-refractivity contribution in [2.75, 3.05) is 7.11 Å². The monoisotopic (exact) mass is 244 g/mol. The van der Waals surface area contributed by atoms with E-state index >= 15 is 0 Å². The average molecular weight is 244 g/mol. The third-order valence-corrected chi connectivity index (χ3v) is 5.05. The zero-order valence-corrected chi connectivity index (χ0v) is 10.9. The minimum absolute atomic E-state index is 0.0800. The van der Waals surface area contributed by atoms with Gasteiger partial charge in [-0.2, -0.15) is 0 Å². The highest BCUT2D eigenvalue weighted by atomic mass is 16.5. The van der Waals surface area contributed by atoms with Crippen molar-refractivity contribution in [1.82, 2.24) is 0 Å². The van der Waals surface area contributed by atoms with E-state index in [4.69, 9.17) is 4.74 Å². The van der Waals surface area contributed by atoms with Crippen molar-refractivity contribution in [3.8, 4) is 5.75 Å². The molecule has 3 aliphatic rings. The molecule has 2 heteroatoms. The van der Waals surface area contributed by atoms with Gasteiger partial charge >= 0.3 is 0 Å². The molecule has 1 unspecified atom stereocenters. The second-order valence-corrected chi connectivity index (χ2v) is 5.86. The fourth-order valence-electron chi connectivity index (χ4n) is 3.87. The maximum absolute atomic E-state index is 11.6. The third kappa shape index (κ3) is 1.75. The number of carbonyl (C=O) groups excluding carboxylic acids is 1. The highest BCUT2D eigenvalue weighted by molar-refractivity contribution is 5.63. The van der Waals surface area contributed by atoms with Crippen molar-refractivity contribution < 1.29 is 9.53 Å². The van der Waals surface area contributed by atoms with Gasteiger partial charge in [-0.15, -0.1) is 0 Å². The average Bonchev–Trinajstić information content (AvgIpc) is 2.48. The lowest BCUT2D eigenvalue weighted by molar-refractivity contribution is -0.123. The van der Waals surface area contributed by atoms with Gasteiger partial charge in [0.1, 0.15) is 12.0 Å². The molecule has 0 radical (unpaired) electrons. The van der Waals surface area contributed by atoms with Gasteiger partial charge in [-0.1, -0.05) is 12.1 Å². The summed E-state index contributed by atoms with van der Waals surface area (Å²) in [5.74, 6) is 2.15. The Morgan fingerprint density at radius 3 is 2.44 bits per heavy atom. The van der Waals surface area contributed by atoms with E-state index in [1.807, 2.05) is 12.1 Å². The standard InChI is InChI=1S/C16H20O2/c1-18-14-4-2-13(3-5-14)15-10-12-6-8-16(15,11-17)9-7-12/h2-5,11-12,15H,6-10H2,1H3. The molecule has 1 aromatic carbocycles. The summed E-state index contributed by atoms with van der Waals surface area (Å²) in [5.41, 5.74) is 1.23. The van der Waals surface area contributed by atoms with E-state index in [1.165, 1.54) is 31.1 Å². The number of hydrogen-bond acceptors (Lipinski definition) is 2. The lowest BCUT2D eigenvalue weighted by Gasteiger charge is -2.49. The van der Waals surface area contributed by atoms with Crippen molar-refractivity contribution in [3.63, 3.8) is 0 Å². The van der Waals surface area contributed by atoms with Crippen LogP contribution in [0.25, 0.3) is 0 Å². The van der Waals surface area contributed by atoms with Crippen LogP contribution in [0.3, 0.4) is 0 Å². The molecule has 2 bridgehead atoms. The lowest BCUT2D eigenvalue weighted by atomic mass is 9.54. The molecule has 3 fully saturated rings. The van der Waals surface area contributed by atoms with Gasteiger partial charge in [-0.05, 0) is 61.6 Å². The summed E-state index contributed by atoms with van der Waals surface area (Å²) >= 11 is 0. The van der Waals surface area contributed by atoms with Crippen molar-refractivity contribution in [3.05, 3.63) is 29.8 Å². The molecule has 0 heterocycles. The van der Waals surface area contributed by atoms with Crippen LogP contribution in [0.15, 0.2) is 24.3 Å². The van der Waals surface area contributed by atoms with Crippen LogP contribution in [0.4, 0.5) is 0 Å². The largest absolute Gasteiger partial charge is 0.497 e. The Morgan fingerprint density at radius 1 is 1.22 bits per heavy atom. The van der Waals surface area contributed by atoms with Crippen LogP contribution in [0, 0.1) is 11.3 Å². The van der Waals surface area contributed by atoms with Crippen molar-refractivity contribution in [1.29, 1.82) is 0 Å². The first kappa shape index (κ1) is 11.8. The van der Waals surface area contributed by atoms with E-state index in [2.05, 4.69) is 12.1 Å². The molecule has 96 valence electrons. The maximum atomic E-state index is 11.6. The first-order valence-electron chi connectivity index (χ1n) is 6.88. The van der Waals surface area contributed by atoms with Gasteiger partial charge in [-0.3, -0.25) is 0 Å². The third-order valence-electron chi connectivity index (χ3n) is 5.05. The molecule has 1 aromatic rings. The summed E-state index contributed by atoms with van der Waals surface area (Å²) in [5, 5.41) is 0. The van der Waals surface area contributed by atoms with Crippen LogP contribution in [0.5, 0.6) is 5.75 Å². The summed E-state index contributed by atoms with van der Waals surface area (Å²) in [7, 11) is 1.69. The quantitative estimate of drug-likeness (QED) is 0.760. The predicted octanol–water partition coefficient (Wildman–Crippen LogP) is 3.56. The lowest BCUT2D eigenvalue weighted by Crippen LogP contribution is -2.41. The van der Waals surface area contributed by atoms with Crippen molar-refractivity contribution >= 4 is 6.29 Å². The second-order valence-electron chi connectivity index (χ2n) is 5.86. The van der Waals surface area contributed by atoms with E-state index < -0.39 is 0 Å². The molecule has 0 N–H and O–H groups in total. The summed E-state index contributed by atoms with van der Waals surface area (Å²) in [6.07, 6.45) is 7.08. The van der Waals surface area contributed by atoms with Gasteiger partial charge in [0.05, 0.1) is 7.11 Å². The van der Waals surface area contributed by atoms with E-state index in [0.717, 1.165) is 24.5 Å². The normalized spacial score (nSPS) is 34.3. The van der Waals surface area contributed by atoms with Gasteiger partial charge in [0.25, 0.3) is 0 Å². The molecule has 1 atom stereocenters. The molecule has 0 spiro atoms. The Balaban J connectivity index is 1.92. The van der Waals surface area contributed by atoms with Crippen LogP contribution in [0.1, 0.15) is 43.6 Å². The molecular formula is C16H20O2. The van der Waals surface area contributed by atoms with Crippen molar-refractivity contribution in [2.45, 2.75) is 38.0 Å². The van der Waals surface area contributed by atoms with Gasteiger partial charge in [0, 0.05) is 5.41 Å². The van der Waals surface area contributed by atoms with Crippen LogP contribution < -0.4 is 4.74 Å². The first-order valence-corrected chi connectivity index (χ1v) is 6.88. The molecule has 4 rings (SSSR count). The Labute approximate surface area is 108 Å². The Morgan fingerprint density at radius 2 is 1.89 bits per heavy atom. The predicted molar refractivity (Wildman–Crippen MR) is 70.8 cm³/mol. The van der Waals surface area contributed by atoms with Crippen LogP contribution >= 0.6 is 0 Å². The summed E-state index contributed by atoms with van der Waals surface area (Å²) in [6.45, 7) is 0. The molecule has 18 heavy (non-hydrogen) atoms. The number of fused-ring (bicyclic) bond motifs is 3. The van der Waals surface area contributed by atoms with E-state index in [9.17, 15) is 4.79 Å². The summed E-state index contributed by atoms with van der Waals surface area (Å²) in [4.78, 5) is 11.6. The van der Waals surface area contributed by atoms with Gasteiger partial charge in [0.15, 0.2) is 0 Å². The fraction of sp³-hybridized carbons (Fsp3) is 0.562. The molecule has 0 amide bonds. The van der Waals surface area contributed by atoms with Gasteiger partial charge < -0.3 is 9.53 Å². The van der Waals surface area contributed by atoms with Crippen molar-refractivity contribution in [2.24, 2.45) is 11.3 Å². The molecule has 0 aliphatic heterocycles. The number of rotatable bonds is 3. The molecule has 2 nitrogen and oxygen atoms in total. The second kappa shape index (κ2) is 4.42. The maximum Gasteiger partial charge on any atom is 0.126 e. The Kier molecular flexibility index (Phi) is 2.89. The summed E-state index contributed by atoms with van der Waals surface area (Å²) < 4.78 is 5.20. The molecule has 0 aromatic heterocycles. The van der Waals surface area contributed by atoms with Crippen LogP contribution in [-0.4, -0.2) is 13.4 Å². The Bertz CT molecular complexity index is 427. The Hall–Kier alpha value is -1.31. The molecular weight excluding hydrogens is 224 g/mol. The smallest absolute Gasteiger partial charge is 0.126 e. The van der Waals surface area contributed by atoms with E-state index in [-0.39, 0.29) is 5.41 Å². The molecule has 3 saturated carbocycles. The number of methoxy groups -OCH3 is 1. The fourth-order valence-corrected chi connectivity index (χ4v) is 3.87. The van der Waals surface area contributed by atoms with Gasteiger partial charge in [0.2, 0.25) is 0 Å². The number of benzene rings is 1. The highest BCUT2D eigenvalue weighted by Crippen LogP contribution is 2.56. The summed E-state index contributed by atoms with van der Waals surface area (Å²) in [6, 6.07) is 8.29. The number of ether oxygens (including phenoxy) is 1. The van der Waals surface area contributed by atoms with Crippen LogP contribution in [0.2, 0.25) is 0 Å². The first-order chi connectivity index (χ1) is 8.77. The minimum Gasteiger partial charge on any atom is -0.497 e. The minimum atomic E-state index is -0.0800.